The minimum atomic E-state index is -4.76. The molecule has 3 unspecified atom stereocenters. The van der Waals surface area contributed by atoms with Crippen LogP contribution in [0.2, 0.25) is 0 Å². The van der Waals surface area contributed by atoms with E-state index in [0.29, 0.717) is 12.8 Å². The number of amides is 1. The van der Waals surface area contributed by atoms with Crippen molar-refractivity contribution in [3.05, 3.63) is 36.5 Å². The smallest absolute Gasteiger partial charge is 0.472 e. The molecule has 59 heavy (non-hydrogen) atoms. The fraction of sp³-hybridized carbons (Fsp3) is 0.809. The second kappa shape index (κ2) is 42.4. The number of aliphatic hydroxyl groups excluding tert-OH is 1. The number of ether oxygens (including phenoxy) is 1. The van der Waals surface area contributed by atoms with E-state index >= 15 is 0 Å². The standard InChI is InChI=1S/C47H86NO10P/c1-3-5-7-9-11-13-15-17-18-19-20-21-22-23-24-25-26-27-28-30-32-34-36-38-45(50)48-44(47(52)53)42-58-59(54,55)57-41-43(49)40-56-46(51)39-37-35-33-31-29-16-14-12-10-8-6-4-2/h11,13,17-18,20-21,43-44,49H,3-10,12,14-16,19,22-42H2,1-2H3,(H,48,50)(H,52,53)(H,54,55)/b13-11-,18-17-,21-20-. The van der Waals surface area contributed by atoms with Crippen LogP contribution >= 0.6 is 7.82 Å². The number of unbranched alkanes of at least 4 members (excludes halogenated alkanes) is 24. The number of esters is 1. The third-order valence-corrected chi connectivity index (χ3v) is 11.1. The van der Waals surface area contributed by atoms with E-state index in [1.54, 1.807) is 0 Å². The number of hydrogen-bond donors (Lipinski definition) is 4. The Morgan fingerprint density at radius 3 is 1.42 bits per heavy atom. The van der Waals surface area contributed by atoms with E-state index in [0.717, 1.165) is 64.2 Å². The van der Waals surface area contributed by atoms with Gasteiger partial charge in [0.05, 0.1) is 13.2 Å². The lowest BCUT2D eigenvalue weighted by Gasteiger charge is -2.18. The Morgan fingerprint density at radius 2 is 0.932 bits per heavy atom. The minimum absolute atomic E-state index is 0.141. The summed E-state index contributed by atoms with van der Waals surface area (Å²) in [6.07, 6.45) is 45.9. The Morgan fingerprint density at radius 1 is 0.542 bits per heavy atom. The van der Waals surface area contributed by atoms with E-state index < -0.39 is 57.6 Å². The molecule has 4 N–H and O–H groups in total. The summed E-state index contributed by atoms with van der Waals surface area (Å²) < 4.78 is 26.8. The number of phosphoric acid groups is 1. The topological polar surface area (TPSA) is 169 Å². The largest absolute Gasteiger partial charge is 0.480 e. The van der Waals surface area contributed by atoms with Crippen LogP contribution in [0.1, 0.15) is 213 Å². The third kappa shape index (κ3) is 42.2. The van der Waals surface area contributed by atoms with Gasteiger partial charge in [0.25, 0.3) is 0 Å². The molecule has 0 aliphatic carbocycles. The maximum absolute atomic E-state index is 12.3. The van der Waals surface area contributed by atoms with E-state index in [9.17, 15) is 34.1 Å². The number of hydrogen-bond acceptors (Lipinski definition) is 8. The summed E-state index contributed by atoms with van der Waals surface area (Å²) in [6.45, 7) is 2.57. The quantitative estimate of drug-likeness (QED) is 0.0200. The van der Waals surface area contributed by atoms with Gasteiger partial charge in [-0.15, -0.1) is 0 Å². The molecule has 11 nitrogen and oxygen atoms in total. The van der Waals surface area contributed by atoms with Gasteiger partial charge in [-0.1, -0.05) is 185 Å². The zero-order valence-corrected chi connectivity index (χ0v) is 38.2. The molecule has 0 aromatic rings. The molecule has 0 saturated heterocycles. The first kappa shape index (κ1) is 56.7. The third-order valence-electron chi connectivity index (χ3n) is 10.2. The van der Waals surface area contributed by atoms with Crippen molar-refractivity contribution in [2.75, 3.05) is 19.8 Å². The van der Waals surface area contributed by atoms with Crippen LogP contribution in [-0.4, -0.2) is 64.9 Å². The van der Waals surface area contributed by atoms with Crippen molar-refractivity contribution in [2.45, 2.75) is 225 Å². The highest BCUT2D eigenvalue weighted by atomic mass is 31.2. The Bertz CT molecular complexity index is 1140. The molecule has 1 amide bonds. The average Bonchev–Trinajstić information content (AvgIpc) is 3.21. The minimum Gasteiger partial charge on any atom is -0.480 e. The van der Waals surface area contributed by atoms with Crippen LogP contribution in [0.15, 0.2) is 36.5 Å². The molecule has 0 heterocycles. The average molecular weight is 856 g/mol. The second-order valence-electron chi connectivity index (χ2n) is 15.9. The van der Waals surface area contributed by atoms with Crippen molar-refractivity contribution in [3.63, 3.8) is 0 Å². The van der Waals surface area contributed by atoms with Crippen molar-refractivity contribution in [1.82, 2.24) is 5.32 Å². The van der Waals surface area contributed by atoms with Crippen molar-refractivity contribution in [2.24, 2.45) is 0 Å². The van der Waals surface area contributed by atoms with Gasteiger partial charge >= 0.3 is 19.8 Å². The van der Waals surface area contributed by atoms with Crippen molar-refractivity contribution in [1.29, 1.82) is 0 Å². The Balaban J connectivity index is 3.86. The van der Waals surface area contributed by atoms with Gasteiger partial charge in [-0.05, 0) is 51.4 Å². The fourth-order valence-electron chi connectivity index (χ4n) is 6.50. The Kier molecular flexibility index (Phi) is 40.7. The number of carboxylic acid groups (broad SMARTS) is 1. The number of carbonyl (C=O) groups is 3. The van der Waals surface area contributed by atoms with Gasteiger partial charge in [-0.2, -0.15) is 0 Å². The molecule has 0 radical (unpaired) electrons. The zero-order valence-electron chi connectivity index (χ0n) is 37.3. The van der Waals surface area contributed by atoms with Crippen LogP contribution in [0.25, 0.3) is 0 Å². The lowest BCUT2D eigenvalue weighted by Crippen LogP contribution is -2.43. The van der Waals surface area contributed by atoms with Gasteiger partial charge in [-0.25, -0.2) is 9.36 Å². The van der Waals surface area contributed by atoms with Crippen LogP contribution in [-0.2, 0) is 32.7 Å². The van der Waals surface area contributed by atoms with Crippen LogP contribution in [0, 0.1) is 0 Å². The van der Waals surface area contributed by atoms with Crippen molar-refractivity contribution >= 4 is 25.7 Å². The zero-order chi connectivity index (χ0) is 43.5. The first-order valence-corrected chi connectivity index (χ1v) is 25.0. The van der Waals surface area contributed by atoms with Gasteiger partial charge in [-0.3, -0.25) is 18.6 Å². The van der Waals surface area contributed by atoms with Crippen LogP contribution < -0.4 is 5.32 Å². The highest BCUT2D eigenvalue weighted by molar-refractivity contribution is 7.47. The first-order chi connectivity index (χ1) is 28.6. The highest BCUT2D eigenvalue weighted by Crippen LogP contribution is 2.43. The molecule has 12 heteroatoms. The molecule has 0 rings (SSSR count). The molecule has 0 saturated carbocycles. The lowest BCUT2D eigenvalue weighted by molar-refractivity contribution is -0.147. The maximum Gasteiger partial charge on any atom is 0.472 e. The number of carboxylic acids is 1. The highest BCUT2D eigenvalue weighted by Gasteiger charge is 2.28. The van der Waals surface area contributed by atoms with Gasteiger partial charge in [0.15, 0.2) is 6.04 Å². The number of aliphatic hydroxyl groups is 1. The first-order valence-electron chi connectivity index (χ1n) is 23.5. The van der Waals surface area contributed by atoms with Crippen LogP contribution in [0.5, 0.6) is 0 Å². The molecule has 0 fully saturated rings. The molecule has 0 spiro atoms. The molecule has 3 atom stereocenters. The summed E-state index contributed by atoms with van der Waals surface area (Å²) in [4.78, 5) is 46.0. The SMILES string of the molecule is CCCCC/C=C\C/C=C\C/C=C\CCCCCCCCCCCCC(=O)NC(COP(=O)(O)OCC(O)COC(=O)CCCCCCCCCCCCCC)C(=O)O. The summed E-state index contributed by atoms with van der Waals surface area (Å²) in [5, 5.41) is 21.8. The van der Waals surface area contributed by atoms with E-state index in [4.69, 9.17) is 13.8 Å². The molecule has 0 aromatic carbocycles. The second-order valence-corrected chi connectivity index (χ2v) is 17.4. The van der Waals surface area contributed by atoms with E-state index in [-0.39, 0.29) is 12.8 Å². The molecule has 344 valence electrons. The van der Waals surface area contributed by atoms with Gasteiger partial charge < -0.3 is 25.2 Å². The number of aliphatic carboxylic acids is 1. The molecule has 0 aromatic heterocycles. The van der Waals surface area contributed by atoms with Gasteiger partial charge in [0.2, 0.25) is 5.91 Å². The van der Waals surface area contributed by atoms with E-state index in [2.05, 4.69) is 55.6 Å². The number of nitrogens with one attached hydrogen (secondary N) is 1. The Hall–Kier alpha value is -2.30. The normalized spacial score (nSPS) is 14.0. The maximum atomic E-state index is 12.3. The molecule has 0 bridgehead atoms. The molecule has 0 aliphatic heterocycles. The molecular weight excluding hydrogens is 769 g/mol. The molecular formula is C47H86NO10P. The van der Waals surface area contributed by atoms with Crippen molar-refractivity contribution < 1.29 is 47.8 Å². The summed E-state index contributed by atoms with van der Waals surface area (Å²) >= 11 is 0. The number of allylic oxidation sites excluding steroid dienone is 6. The predicted molar refractivity (Wildman–Crippen MR) is 240 cm³/mol. The fourth-order valence-corrected chi connectivity index (χ4v) is 7.27. The van der Waals surface area contributed by atoms with Crippen LogP contribution in [0.3, 0.4) is 0 Å². The predicted octanol–water partition coefficient (Wildman–Crippen LogP) is 12.4. The number of carbonyl (C=O) groups excluding carboxylic acids is 2. The van der Waals surface area contributed by atoms with Crippen molar-refractivity contribution in [3.8, 4) is 0 Å². The summed E-state index contributed by atoms with van der Waals surface area (Å²) in [6, 6.07) is -1.55. The van der Waals surface area contributed by atoms with Gasteiger partial charge in [0, 0.05) is 12.8 Å². The van der Waals surface area contributed by atoms with Gasteiger partial charge in [0.1, 0.15) is 12.7 Å². The monoisotopic (exact) mass is 856 g/mol. The lowest BCUT2D eigenvalue weighted by atomic mass is 10.0. The number of rotatable bonds is 44. The summed E-state index contributed by atoms with van der Waals surface area (Å²) in [5.41, 5.74) is 0. The summed E-state index contributed by atoms with van der Waals surface area (Å²) in [7, 11) is -4.76. The Labute approximate surface area is 359 Å². The van der Waals surface area contributed by atoms with E-state index in [1.165, 1.54) is 109 Å². The van der Waals surface area contributed by atoms with Crippen LogP contribution in [0.4, 0.5) is 0 Å². The van der Waals surface area contributed by atoms with E-state index in [1.807, 2.05) is 0 Å². The number of phosphoric ester groups is 1. The molecule has 0 aliphatic rings. The summed E-state index contributed by atoms with van der Waals surface area (Å²) in [5.74, 6) is -2.37.